The Hall–Kier alpha value is -2.47. The Morgan fingerprint density at radius 1 is 1.35 bits per heavy atom. The van der Waals surface area contributed by atoms with E-state index >= 15 is 0 Å². The minimum atomic E-state index is -0.0597. The molecule has 1 aromatic carbocycles. The molecule has 3 heterocycles. The summed E-state index contributed by atoms with van der Waals surface area (Å²) < 4.78 is 11.5. The molecule has 6 heteroatoms. The van der Waals surface area contributed by atoms with E-state index in [9.17, 15) is 4.79 Å². The van der Waals surface area contributed by atoms with Gasteiger partial charge in [0.2, 0.25) is 5.91 Å². The van der Waals surface area contributed by atoms with Gasteiger partial charge in [-0.1, -0.05) is 12.1 Å². The van der Waals surface area contributed by atoms with Crippen LogP contribution in [0.4, 0.5) is 0 Å². The molecule has 2 aliphatic rings. The van der Waals surface area contributed by atoms with Gasteiger partial charge in [0.05, 0.1) is 36.2 Å². The molecule has 6 nitrogen and oxygen atoms in total. The molecule has 1 N–H and O–H groups in total. The number of hydrogen-bond donors (Lipinski definition) is 1. The lowest BCUT2D eigenvalue weighted by Gasteiger charge is -2.15. The number of benzene rings is 1. The number of hydrogen-bond acceptors (Lipinski definition) is 5. The zero-order chi connectivity index (χ0) is 18.1. The van der Waals surface area contributed by atoms with E-state index in [2.05, 4.69) is 21.4 Å². The molecule has 0 saturated carbocycles. The second kappa shape index (κ2) is 7.03. The molecule has 1 aromatic heterocycles. The minimum absolute atomic E-state index is 0.0282. The van der Waals surface area contributed by atoms with Crippen molar-refractivity contribution in [3.63, 3.8) is 0 Å². The van der Waals surface area contributed by atoms with E-state index in [1.54, 1.807) is 6.20 Å². The Bertz CT molecular complexity index is 831. The maximum absolute atomic E-state index is 12.2. The number of nitrogens with one attached hydrogen (secondary N) is 1. The van der Waals surface area contributed by atoms with Crippen LogP contribution in [0.5, 0.6) is 5.75 Å². The quantitative estimate of drug-likeness (QED) is 0.912. The smallest absolute Gasteiger partial charge is 0.225 e. The number of rotatable bonds is 4. The number of aryl methyl sites for hydroxylation is 2. The molecular weight excluding hydrogens is 330 g/mol. The highest BCUT2D eigenvalue weighted by molar-refractivity contribution is 5.79. The maximum atomic E-state index is 12.2. The van der Waals surface area contributed by atoms with Crippen molar-refractivity contribution in [2.45, 2.75) is 32.8 Å². The van der Waals surface area contributed by atoms with Gasteiger partial charge in [0.15, 0.2) is 0 Å². The summed E-state index contributed by atoms with van der Waals surface area (Å²) in [5.41, 5.74) is 4.73. The fourth-order valence-electron chi connectivity index (χ4n) is 3.53. The van der Waals surface area contributed by atoms with Crippen molar-refractivity contribution >= 4 is 5.91 Å². The largest absolute Gasteiger partial charge is 0.487 e. The van der Waals surface area contributed by atoms with E-state index < -0.39 is 0 Å². The van der Waals surface area contributed by atoms with E-state index in [4.69, 9.17) is 9.47 Å². The van der Waals surface area contributed by atoms with Gasteiger partial charge in [0.25, 0.3) is 0 Å². The molecule has 0 radical (unpaired) electrons. The Balaban J connectivity index is 1.49. The molecule has 1 fully saturated rings. The molecule has 0 aliphatic carbocycles. The zero-order valence-electron chi connectivity index (χ0n) is 15.1. The Morgan fingerprint density at radius 2 is 2.23 bits per heavy atom. The number of carbonyl (C=O) groups is 1. The number of ether oxygens (including phenoxy) is 2. The molecule has 0 bridgehead atoms. The summed E-state index contributed by atoms with van der Waals surface area (Å²) in [6, 6.07) is 6.12. The number of para-hydroxylation sites is 1. The normalized spacial score (nSPS) is 21.3. The SMILES string of the molecule is Cc1cnc(C)c(-c2cccc3c2O[C@H](CNC(=O)[C@H]2CCOC2)C3)n1. The summed E-state index contributed by atoms with van der Waals surface area (Å²) >= 11 is 0. The van der Waals surface area contributed by atoms with E-state index in [1.807, 2.05) is 26.0 Å². The highest BCUT2D eigenvalue weighted by atomic mass is 16.5. The van der Waals surface area contributed by atoms with E-state index in [-0.39, 0.29) is 17.9 Å². The average Bonchev–Trinajstić information content (AvgIpc) is 3.30. The van der Waals surface area contributed by atoms with Crippen LogP contribution in [-0.4, -0.2) is 41.7 Å². The predicted octanol–water partition coefficient (Wildman–Crippen LogP) is 2.22. The lowest BCUT2D eigenvalue weighted by molar-refractivity contribution is -0.125. The van der Waals surface area contributed by atoms with Gasteiger partial charge < -0.3 is 14.8 Å². The maximum Gasteiger partial charge on any atom is 0.225 e. The molecule has 136 valence electrons. The number of fused-ring (bicyclic) bond motifs is 1. The van der Waals surface area contributed by atoms with Gasteiger partial charge in [-0.2, -0.15) is 0 Å². The molecule has 1 amide bonds. The van der Waals surface area contributed by atoms with Crippen LogP contribution in [0.2, 0.25) is 0 Å². The third kappa shape index (κ3) is 3.29. The van der Waals surface area contributed by atoms with Gasteiger partial charge in [0.1, 0.15) is 11.9 Å². The Labute approximate surface area is 153 Å². The lowest BCUT2D eigenvalue weighted by Crippen LogP contribution is -2.38. The monoisotopic (exact) mass is 353 g/mol. The van der Waals surface area contributed by atoms with Crippen LogP contribution >= 0.6 is 0 Å². The highest BCUT2D eigenvalue weighted by Gasteiger charge is 2.29. The third-order valence-corrected chi connectivity index (χ3v) is 4.96. The third-order valence-electron chi connectivity index (χ3n) is 4.96. The first-order valence-electron chi connectivity index (χ1n) is 9.06. The number of nitrogens with zero attached hydrogens (tertiary/aromatic N) is 2. The minimum Gasteiger partial charge on any atom is -0.487 e. The first kappa shape index (κ1) is 17.0. The lowest BCUT2D eigenvalue weighted by atomic mass is 10.0. The zero-order valence-corrected chi connectivity index (χ0v) is 15.1. The highest BCUT2D eigenvalue weighted by Crippen LogP contribution is 2.38. The molecule has 26 heavy (non-hydrogen) atoms. The van der Waals surface area contributed by atoms with Crippen molar-refractivity contribution < 1.29 is 14.3 Å². The van der Waals surface area contributed by atoms with E-state index in [0.717, 1.165) is 46.8 Å². The van der Waals surface area contributed by atoms with Gasteiger partial charge >= 0.3 is 0 Å². The second-order valence-corrected chi connectivity index (χ2v) is 6.99. The fourth-order valence-corrected chi connectivity index (χ4v) is 3.53. The topological polar surface area (TPSA) is 73.3 Å². The molecule has 0 spiro atoms. The van der Waals surface area contributed by atoms with Crippen LogP contribution in [0.3, 0.4) is 0 Å². The molecule has 1 saturated heterocycles. The molecule has 2 aliphatic heterocycles. The van der Waals surface area contributed by atoms with Crippen molar-refractivity contribution in [3.05, 3.63) is 41.3 Å². The average molecular weight is 353 g/mol. The van der Waals surface area contributed by atoms with Gasteiger partial charge in [-0.15, -0.1) is 0 Å². The second-order valence-electron chi connectivity index (χ2n) is 6.99. The van der Waals surface area contributed by atoms with E-state index in [1.165, 1.54) is 0 Å². The summed E-state index contributed by atoms with van der Waals surface area (Å²) in [4.78, 5) is 21.2. The number of carbonyl (C=O) groups excluding carboxylic acids is 1. The summed E-state index contributed by atoms with van der Waals surface area (Å²) in [6.07, 6.45) is 3.29. The van der Waals surface area contributed by atoms with Gasteiger partial charge in [-0.05, 0) is 31.9 Å². The Morgan fingerprint density at radius 3 is 3.04 bits per heavy atom. The standard InChI is InChI=1S/C20H23N3O3/c1-12-9-21-13(2)18(23-12)17-5-3-4-14-8-16(26-19(14)17)10-22-20(24)15-6-7-25-11-15/h3-5,9,15-16H,6-8,10-11H2,1-2H3,(H,22,24)/t15-,16-/m0/s1. The molecule has 4 rings (SSSR count). The number of aromatic nitrogens is 2. The van der Waals surface area contributed by atoms with Crippen LogP contribution in [-0.2, 0) is 16.0 Å². The van der Waals surface area contributed by atoms with Gasteiger partial charge in [-0.25, -0.2) is 4.98 Å². The molecule has 0 unspecified atom stereocenters. The van der Waals surface area contributed by atoms with E-state index in [0.29, 0.717) is 19.8 Å². The van der Waals surface area contributed by atoms with Gasteiger partial charge in [0, 0.05) is 24.8 Å². The van der Waals surface area contributed by atoms with Crippen LogP contribution in [0.1, 0.15) is 23.4 Å². The summed E-state index contributed by atoms with van der Waals surface area (Å²) in [5.74, 6) is 0.890. The van der Waals surface area contributed by atoms with Crippen molar-refractivity contribution in [3.8, 4) is 17.0 Å². The molecule has 2 atom stereocenters. The molecular formula is C20H23N3O3. The molecule has 2 aromatic rings. The van der Waals surface area contributed by atoms with Crippen molar-refractivity contribution in [2.75, 3.05) is 19.8 Å². The Kier molecular flexibility index (Phi) is 4.59. The fraction of sp³-hybridized carbons (Fsp3) is 0.450. The number of amides is 1. The van der Waals surface area contributed by atoms with Crippen LogP contribution < -0.4 is 10.1 Å². The van der Waals surface area contributed by atoms with Crippen molar-refractivity contribution in [2.24, 2.45) is 5.92 Å². The van der Waals surface area contributed by atoms with Crippen LogP contribution in [0.25, 0.3) is 11.3 Å². The van der Waals surface area contributed by atoms with Gasteiger partial charge in [-0.3, -0.25) is 9.78 Å². The summed E-state index contributed by atoms with van der Waals surface area (Å²) in [7, 11) is 0. The first-order valence-corrected chi connectivity index (χ1v) is 9.06. The summed E-state index contributed by atoms with van der Waals surface area (Å²) in [5, 5.41) is 3.01. The van der Waals surface area contributed by atoms with Crippen molar-refractivity contribution in [1.29, 1.82) is 0 Å². The van der Waals surface area contributed by atoms with Crippen LogP contribution in [0, 0.1) is 19.8 Å². The predicted molar refractivity (Wildman–Crippen MR) is 97.0 cm³/mol. The van der Waals surface area contributed by atoms with Crippen LogP contribution in [0.15, 0.2) is 24.4 Å². The van der Waals surface area contributed by atoms with Crippen molar-refractivity contribution in [1.82, 2.24) is 15.3 Å². The summed E-state index contributed by atoms with van der Waals surface area (Å²) in [6.45, 7) is 5.58. The first-order chi connectivity index (χ1) is 12.6.